The van der Waals surface area contributed by atoms with E-state index in [2.05, 4.69) is 10.2 Å². The van der Waals surface area contributed by atoms with Gasteiger partial charge in [0, 0.05) is 18.3 Å². The number of benzene rings is 1. The number of anilines is 1. The van der Waals surface area contributed by atoms with Crippen LogP contribution in [0.3, 0.4) is 0 Å². The Morgan fingerprint density at radius 3 is 2.84 bits per heavy atom. The van der Waals surface area contributed by atoms with Crippen LogP contribution in [0.2, 0.25) is 0 Å². The van der Waals surface area contributed by atoms with Crippen molar-refractivity contribution in [3.05, 3.63) is 29.8 Å². The molecule has 1 saturated carbocycles. The highest BCUT2D eigenvalue weighted by molar-refractivity contribution is 5.92. The fourth-order valence-electron chi connectivity index (χ4n) is 2.48. The molecule has 1 unspecified atom stereocenters. The second-order valence-electron chi connectivity index (χ2n) is 5.47. The monoisotopic (exact) mass is 261 g/mol. The molecule has 2 rings (SSSR count). The van der Waals surface area contributed by atoms with Gasteiger partial charge < -0.3 is 11.1 Å². The second-order valence-corrected chi connectivity index (χ2v) is 5.47. The maximum absolute atomic E-state index is 12.0. The van der Waals surface area contributed by atoms with Crippen LogP contribution < -0.4 is 11.1 Å². The SMILES string of the molecule is Cc1cccc(NC(=O)CN(C)C(CN)C2CC2)c1. The molecule has 0 aromatic heterocycles. The van der Waals surface area contributed by atoms with E-state index in [1.807, 2.05) is 38.2 Å². The van der Waals surface area contributed by atoms with Crippen LogP contribution in [0.15, 0.2) is 24.3 Å². The molecule has 0 heterocycles. The Morgan fingerprint density at radius 2 is 2.26 bits per heavy atom. The van der Waals surface area contributed by atoms with E-state index in [1.54, 1.807) is 0 Å². The lowest BCUT2D eigenvalue weighted by Crippen LogP contribution is -2.43. The number of aryl methyl sites for hydroxylation is 1. The van der Waals surface area contributed by atoms with E-state index in [1.165, 1.54) is 12.8 Å². The summed E-state index contributed by atoms with van der Waals surface area (Å²) in [6.07, 6.45) is 2.48. The van der Waals surface area contributed by atoms with Gasteiger partial charge in [-0.15, -0.1) is 0 Å². The zero-order valence-corrected chi connectivity index (χ0v) is 11.7. The van der Waals surface area contributed by atoms with Gasteiger partial charge in [-0.2, -0.15) is 0 Å². The van der Waals surface area contributed by atoms with Crippen molar-refractivity contribution in [2.75, 3.05) is 25.5 Å². The first-order valence-corrected chi connectivity index (χ1v) is 6.87. The summed E-state index contributed by atoms with van der Waals surface area (Å²) >= 11 is 0. The van der Waals surface area contributed by atoms with Gasteiger partial charge in [-0.1, -0.05) is 12.1 Å². The Bertz CT molecular complexity index is 443. The summed E-state index contributed by atoms with van der Waals surface area (Å²) in [6.45, 7) is 3.03. The summed E-state index contributed by atoms with van der Waals surface area (Å²) in [4.78, 5) is 14.1. The maximum Gasteiger partial charge on any atom is 0.238 e. The van der Waals surface area contributed by atoms with E-state index in [0.717, 1.165) is 11.3 Å². The molecule has 3 N–H and O–H groups in total. The second kappa shape index (κ2) is 6.17. The molecule has 1 atom stereocenters. The molecule has 1 aliphatic rings. The number of likely N-dealkylation sites (N-methyl/N-ethyl adjacent to an activating group) is 1. The molecule has 0 bridgehead atoms. The van der Waals surface area contributed by atoms with Gasteiger partial charge in [0.2, 0.25) is 5.91 Å². The van der Waals surface area contributed by atoms with E-state index < -0.39 is 0 Å². The Kier molecular flexibility index (Phi) is 4.56. The highest BCUT2D eigenvalue weighted by Gasteiger charge is 2.33. The van der Waals surface area contributed by atoms with Crippen LogP contribution in [0.25, 0.3) is 0 Å². The molecule has 0 spiro atoms. The van der Waals surface area contributed by atoms with Crippen molar-refractivity contribution in [1.82, 2.24) is 4.90 Å². The van der Waals surface area contributed by atoms with Gasteiger partial charge >= 0.3 is 0 Å². The minimum Gasteiger partial charge on any atom is -0.329 e. The number of nitrogens with one attached hydrogen (secondary N) is 1. The van der Waals surface area contributed by atoms with Crippen LogP contribution in [-0.2, 0) is 4.79 Å². The van der Waals surface area contributed by atoms with Gasteiger partial charge in [0.1, 0.15) is 0 Å². The molecule has 1 amide bonds. The molecule has 1 aromatic rings. The largest absolute Gasteiger partial charge is 0.329 e. The van der Waals surface area contributed by atoms with E-state index in [0.29, 0.717) is 25.0 Å². The Balaban J connectivity index is 1.86. The minimum atomic E-state index is 0.0206. The van der Waals surface area contributed by atoms with Crippen molar-refractivity contribution in [3.8, 4) is 0 Å². The third kappa shape index (κ3) is 4.04. The number of carbonyl (C=O) groups excluding carboxylic acids is 1. The lowest BCUT2D eigenvalue weighted by molar-refractivity contribution is -0.117. The highest BCUT2D eigenvalue weighted by Crippen LogP contribution is 2.34. The van der Waals surface area contributed by atoms with E-state index >= 15 is 0 Å². The molecule has 19 heavy (non-hydrogen) atoms. The summed E-state index contributed by atoms with van der Waals surface area (Å²) in [6, 6.07) is 8.18. The molecule has 1 aromatic carbocycles. The summed E-state index contributed by atoms with van der Waals surface area (Å²) in [5.74, 6) is 0.703. The lowest BCUT2D eigenvalue weighted by Gasteiger charge is -2.26. The van der Waals surface area contributed by atoms with Crippen molar-refractivity contribution in [3.63, 3.8) is 0 Å². The number of nitrogens with zero attached hydrogens (tertiary/aromatic N) is 1. The zero-order valence-electron chi connectivity index (χ0n) is 11.7. The van der Waals surface area contributed by atoms with Crippen molar-refractivity contribution >= 4 is 11.6 Å². The first kappa shape index (κ1) is 14.0. The summed E-state index contributed by atoms with van der Waals surface area (Å²) < 4.78 is 0. The normalized spacial score (nSPS) is 16.4. The van der Waals surface area contributed by atoms with Gasteiger partial charge in [-0.25, -0.2) is 0 Å². The van der Waals surface area contributed by atoms with Crippen LogP contribution in [0.1, 0.15) is 18.4 Å². The van der Waals surface area contributed by atoms with Crippen LogP contribution in [-0.4, -0.2) is 37.0 Å². The van der Waals surface area contributed by atoms with Crippen LogP contribution in [0, 0.1) is 12.8 Å². The first-order valence-electron chi connectivity index (χ1n) is 6.87. The van der Waals surface area contributed by atoms with Gasteiger partial charge in [-0.05, 0) is 50.4 Å². The fourth-order valence-corrected chi connectivity index (χ4v) is 2.48. The molecule has 0 saturated heterocycles. The first-order chi connectivity index (χ1) is 9.10. The Hall–Kier alpha value is -1.39. The minimum absolute atomic E-state index is 0.0206. The van der Waals surface area contributed by atoms with Crippen molar-refractivity contribution in [2.45, 2.75) is 25.8 Å². The van der Waals surface area contributed by atoms with Gasteiger partial charge in [-0.3, -0.25) is 9.69 Å². The van der Waals surface area contributed by atoms with Gasteiger partial charge in [0.05, 0.1) is 6.54 Å². The maximum atomic E-state index is 12.0. The standard InChI is InChI=1S/C15H23N3O/c1-11-4-3-5-13(8-11)17-15(19)10-18(2)14(9-16)12-6-7-12/h3-5,8,12,14H,6-7,9-10,16H2,1-2H3,(H,17,19). The quantitative estimate of drug-likeness (QED) is 0.818. The van der Waals surface area contributed by atoms with Crippen LogP contribution in [0.5, 0.6) is 0 Å². The van der Waals surface area contributed by atoms with E-state index in [-0.39, 0.29) is 5.91 Å². The number of nitrogens with two attached hydrogens (primary N) is 1. The third-order valence-electron chi connectivity index (χ3n) is 3.67. The number of hydrogen-bond acceptors (Lipinski definition) is 3. The lowest BCUT2D eigenvalue weighted by atomic mass is 10.1. The van der Waals surface area contributed by atoms with Crippen LogP contribution in [0.4, 0.5) is 5.69 Å². The summed E-state index contributed by atoms with van der Waals surface area (Å²) in [7, 11) is 1.98. The zero-order chi connectivity index (χ0) is 13.8. The number of carbonyl (C=O) groups is 1. The molecule has 104 valence electrons. The predicted octanol–water partition coefficient (Wildman–Crippen LogP) is 1.60. The highest BCUT2D eigenvalue weighted by atomic mass is 16.2. The molecule has 1 fully saturated rings. The van der Waals surface area contributed by atoms with E-state index in [4.69, 9.17) is 5.73 Å². The van der Waals surface area contributed by atoms with E-state index in [9.17, 15) is 4.79 Å². The van der Waals surface area contributed by atoms with Crippen molar-refractivity contribution < 1.29 is 4.79 Å². The summed E-state index contributed by atoms with van der Waals surface area (Å²) in [5.41, 5.74) is 7.79. The van der Waals surface area contributed by atoms with Crippen molar-refractivity contribution in [2.24, 2.45) is 11.7 Å². The third-order valence-corrected chi connectivity index (χ3v) is 3.67. The van der Waals surface area contributed by atoms with Gasteiger partial charge in [0.25, 0.3) is 0 Å². The average Bonchev–Trinajstić information content (AvgIpc) is 3.14. The Labute approximate surface area is 115 Å². The van der Waals surface area contributed by atoms with Gasteiger partial charge in [0.15, 0.2) is 0 Å². The molecule has 0 aliphatic heterocycles. The number of amides is 1. The molecular formula is C15H23N3O. The molecular weight excluding hydrogens is 238 g/mol. The molecule has 4 heteroatoms. The topological polar surface area (TPSA) is 58.4 Å². The Morgan fingerprint density at radius 1 is 1.53 bits per heavy atom. The average molecular weight is 261 g/mol. The number of hydrogen-bond donors (Lipinski definition) is 2. The number of rotatable bonds is 6. The predicted molar refractivity (Wildman–Crippen MR) is 78.0 cm³/mol. The summed E-state index contributed by atoms with van der Waals surface area (Å²) in [5, 5.41) is 2.93. The van der Waals surface area contributed by atoms with Crippen molar-refractivity contribution in [1.29, 1.82) is 0 Å². The fraction of sp³-hybridized carbons (Fsp3) is 0.533. The smallest absolute Gasteiger partial charge is 0.238 e. The van der Waals surface area contributed by atoms with Crippen LogP contribution >= 0.6 is 0 Å². The molecule has 1 aliphatic carbocycles. The molecule has 0 radical (unpaired) electrons. The molecule has 4 nitrogen and oxygen atoms in total.